The molecule has 0 aliphatic carbocycles. The Balaban J connectivity index is 2.02. The van der Waals surface area contributed by atoms with Crippen molar-refractivity contribution < 1.29 is 0 Å². The lowest BCUT2D eigenvalue weighted by Crippen LogP contribution is -1.91. The van der Waals surface area contributed by atoms with Gasteiger partial charge in [-0.3, -0.25) is 0 Å². The molecule has 0 aliphatic heterocycles. The monoisotopic (exact) mass is 278 g/mol. The maximum Gasteiger partial charge on any atom is 0.132 e. The minimum absolute atomic E-state index is 0.644. The maximum absolute atomic E-state index is 5.21. The summed E-state index contributed by atoms with van der Waals surface area (Å²) in [5.41, 5.74) is 5.59. The molecule has 0 bridgehead atoms. The fourth-order valence-electron chi connectivity index (χ4n) is 2.23. The van der Waals surface area contributed by atoms with E-state index in [1.165, 1.54) is 11.1 Å². The zero-order valence-corrected chi connectivity index (χ0v) is 11.9. The SMILES string of the molecule is Cc1c(-c2ccc(-c3ccccc3)cc2)[nH]cnc1=S. The molecule has 2 aromatic carbocycles. The molecule has 20 heavy (non-hydrogen) atoms. The van der Waals surface area contributed by atoms with Gasteiger partial charge in [-0.2, -0.15) is 0 Å². The van der Waals surface area contributed by atoms with Gasteiger partial charge in [-0.1, -0.05) is 66.8 Å². The van der Waals surface area contributed by atoms with Crippen LogP contribution in [0.15, 0.2) is 60.9 Å². The van der Waals surface area contributed by atoms with Gasteiger partial charge in [0, 0.05) is 5.56 Å². The number of nitrogens with zero attached hydrogens (tertiary/aromatic N) is 1. The van der Waals surface area contributed by atoms with Gasteiger partial charge in [0.2, 0.25) is 0 Å². The molecule has 0 fully saturated rings. The predicted molar refractivity (Wildman–Crippen MR) is 85.0 cm³/mol. The van der Waals surface area contributed by atoms with Gasteiger partial charge < -0.3 is 4.98 Å². The van der Waals surface area contributed by atoms with E-state index in [9.17, 15) is 0 Å². The fraction of sp³-hybridized carbons (Fsp3) is 0.0588. The second-order valence-electron chi connectivity index (χ2n) is 4.65. The van der Waals surface area contributed by atoms with Gasteiger partial charge in [-0.15, -0.1) is 0 Å². The van der Waals surface area contributed by atoms with E-state index in [4.69, 9.17) is 12.2 Å². The lowest BCUT2D eigenvalue weighted by Gasteiger charge is -2.07. The molecule has 2 nitrogen and oxygen atoms in total. The van der Waals surface area contributed by atoms with Gasteiger partial charge in [0.25, 0.3) is 0 Å². The molecule has 0 amide bonds. The third-order valence-electron chi connectivity index (χ3n) is 3.37. The van der Waals surface area contributed by atoms with Crippen molar-refractivity contribution in [1.82, 2.24) is 9.97 Å². The smallest absolute Gasteiger partial charge is 0.132 e. The minimum Gasteiger partial charge on any atom is -0.346 e. The molecular formula is C17H14N2S. The summed E-state index contributed by atoms with van der Waals surface area (Å²) >= 11 is 5.21. The molecule has 3 rings (SSSR count). The minimum atomic E-state index is 0.644. The van der Waals surface area contributed by atoms with E-state index >= 15 is 0 Å². The Morgan fingerprint density at radius 3 is 2.15 bits per heavy atom. The van der Waals surface area contributed by atoms with E-state index in [1.807, 2.05) is 25.1 Å². The standard InChI is InChI=1S/C17H14N2S/c1-12-16(18-11-19-17(12)20)15-9-7-14(8-10-15)13-5-3-2-4-6-13/h2-11H,1H3,(H,18,19,20). The van der Waals surface area contributed by atoms with Gasteiger partial charge in [-0.25, -0.2) is 4.98 Å². The van der Waals surface area contributed by atoms with E-state index in [-0.39, 0.29) is 0 Å². The lowest BCUT2D eigenvalue weighted by atomic mass is 10.0. The molecule has 1 heterocycles. The normalized spacial score (nSPS) is 10.4. The van der Waals surface area contributed by atoms with E-state index in [0.29, 0.717) is 4.64 Å². The van der Waals surface area contributed by atoms with Crippen molar-refractivity contribution in [2.24, 2.45) is 0 Å². The first kappa shape index (κ1) is 12.8. The lowest BCUT2D eigenvalue weighted by molar-refractivity contribution is 1.12. The van der Waals surface area contributed by atoms with Gasteiger partial charge in [0.05, 0.1) is 12.0 Å². The average molecular weight is 278 g/mol. The van der Waals surface area contributed by atoms with E-state index in [2.05, 4.69) is 46.4 Å². The quantitative estimate of drug-likeness (QED) is 0.683. The third-order valence-corrected chi connectivity index (χ3v) is 3.78. The van der Waals surface area contributed by atoms with Gasteiger partial charge in [-0.05, 0) is 23.6 Å². The first-order valence-corrected chi connectivity index (χ1v) is 6.86. The highest BCUT2D eigenvalue weighted by molar-refractivity contribution is 7.71. The molecule has 0 saturated heterocycles. The number of rotatable bonds is 2. The molecular weight excluding hydrogens is 264 g/mol. The Labute approximate surface area is 123 Å². The number of benzene rings is 2. The van der Waals surface area contributed by atoms with Crippen LogP contribution in [0.1, 0.15) is 5.56 Å². The number of H-pyrrole nitrogens is 1. The van der Waals surface area contributed by atoms with Crippen molar-refractivity contribution in [3.63, 3.8) is 0 Å². The largest absolute Gasteiger partial charge is 0.346 e. The van der Waals surface area contributed by atoms with Crippen LogP contribution >= 0.6 is 12.2 Å². The van der Waals surface area contributed by atoms with Crippen LogP contribution in [-0.2, 0) is 0 Å². The zero-order chi connectivity index (χ0) is 13.9. The van der Waals surface area contributed by atoms with Crippen molar-refractivity contribution >= 4 is 12.2 Å². The Hall–Kier alpha value is -2.26. The zero-order valence-electron chi connectivity index (χ0n) is 11.1. The maximum atomic E-state index is 5.21. The Morgan fingerprint density at radius 2 is 1.45 bits per heavy atom. The van der Waals surface area contributed by atoms with Gasteiger partial charge in [0.1, 0.15) is 4.64 Å². The fourth-order valence-corrected chi connectivity index (χ4v) is 2.38. The summed E-state index contributed by atoms with van der Waals surface area (Å²) in [4.78, 5) is 7.26. The molecule has 0 saturated carbocycles. The van der Waals surface area contributed by atoms with Crippen LogP contribution in [0, 0.1) is 11.6 Å². The van der Waals surface area contributed by atoms with Crippen LogP contribution < -0.4 is 0 Å². The molecule has 1 aromatic heterocycles. The van der Waals surface area contributed by atoms with Gasteiger partial charge in [0.15, 0.2) is 0 Å². The molecule has 98 valence electrons. The van der Waals surface area contributed by atoms with Crippen molar-refractivity contribution in [1.29, 1.82) is 0 Å². The first-order chi connectivity index (χ1) is 9.75. The summed E-state index contributed by atoms with van der Waals surface area (Å²) < 4.78 is 0.644. The number of nitrogens with one attached hydrogen (secondary N) is 1. The highest BCUT2D eigenvalue weighted by atomic mass is 32.1. The van der Waals surface area contributed by atoms with Crippen molar-refractivity contribution in [3.05, 3.63) is 71.1 Å². The number of aromatic amines is 1. The van der Waals surface area contributed by atoms with Gasteiger partial charge >= 0.3 is 0 Å². The molecule has 0 spiro atoms. The Kier molecular flexibility index (Phi) is 3.44. The summed E-state index contributed by atoms with van der Waals surface area (Å²) in [7, 11) is 0. The second kappa shape index (κ2) is 5.39. The van der Waals surface area contributed by atoms with Crippen molar-refractivity contribution in [3.8, 4) is 22.4 Å². The third kappa shape index (κ3) is 2.40. The van der Waals surface area contributed by atoms with E-state index in [0.717, 1.165) is 16.8 Å². The van der Waals surface area contributed by atoms with Crippen LogP contribution in [-0.4, -0.2) is 9.97 Å². The van der Waals surface area contributed by atoms with Crippen LogP contribution in [0.5, 0.6) is 0 Å². The van der Waals surface area contributed by atoms with Crippen molar-refractivity contribution in [2.45, 2.75) is 6.92 Å². The summed E-state index contributed by atoms with van der Waals surface area (Å²) in [5.74, 6) is 0. The van der Waals surface area contributed by atoms with Crippen LogP contribution in [0.2, 0.25) is 0 Å². The summed E-state index contributed by atoms with van der Waals surface area (Å²) in [5, 5.41) is 0. The summed E-state index contributed by atoms with van der Waals surface area (Å²) in [6.45, 7) is 1.99. The highest BCUT2D eigenvalue weighted by Crippen LogP contribution is 2.25. The Bertz CT molecular complexity index is 774. The molecule has 0 unspecified atom stereocenters. The Morgan fingerprint density at radius 1 is 0.850 bits per heavy atom. The topological polar surface area (TPSA) is 28.7 Å². The average Bonchev–Trinajstić information content (AvgIpc) is 2.51. The van der Waals surface area contributed by atoms with Crippen LogP contribution in [0.25, 0.3) is 22.4 Å². The predicted octanol–water partition coefficient (Wildman–Crippen LogP) is 4.78. The molecule has 3 aromatic rings. The van der Waals surface area contributed by atoms with Crippen LogP contribution in [0.4, 0.5) is 0 Å². The van der Waals surface area contributed by atoms with E-state index in [1.54, 1.807) is 6.33 Å². The van der Waals surface area contributed by atoms with Crippen LogP contribution in [0.3, 0.4) is 0 Å². The summed E-state index contributed by atoms with van der Waals surface area (Å²) in [6, 6.07) is 18.8. The molecule has 0 aliphatic rings. The summed E-state index contributed by atoms with van der Waals surface area (Å²) in [6.07, 6.45) is 1.65. The highest BCUT2D eigenvalue weighted by Gasteiger charge is 2.04. The second-order valence-corrected chi connectivity index (χ2v) is 5.04. The number of hydrogen-bond acceptors (Lipinski definition) is 2. The number of hydrogen-bond donors (Lipinski definition) is 1. The first-order valence-electron chi connectivity index (χ1n) is 6.46. The van der Waals surface area contributed by atoms with E-state index < -0.39 is 0 Å². The molecule has 0 atom stereocenters. The van der Waals surface area contributed by atoms with Crippen molar-refractivity contribution in [2.75, 3.05) is 0 Å². The molecule has 1 N–H and O–H groups in total. The molecule has 0 radical (unpaired) electrons. The molecule has 3 heteroatoms. The number of aromatic nitrogens is 2.